The molecule has 1 aromatic carbocycles. The van der Waals surface area contributed by atoms with Crippen LogP contribution in [0.2, 0.25) is 0 Å². The van der Waals surface area contributed by atoms with Gasteiger partial charge in [-0.05, 0) is 24.3 Å². The molecule has 26 heavy (non-hydrogen) atoms. The summed E-state index contributed by atoms with van der Waals surface area (Å²) in [5.74, 6) is -0.0305. The number of aliphatic hydroxyl groups is 2. The number of β-amino-alcohol motifs (C(OH)–C–C–N with tert-alkyl or cyclic N) is 1. The van der Waals surface area contributed by atoms with E-state index in [1.165, 1.54) is 0 Å². The van der Waals surface area contributed by atoms with Gasteiger partial charge in [-0.2, -0.15) is 0 Å². The Morgan fingerprint density at radius 2 is 1.62 bits per heavy atom. The third-order valence-corrected chi connectivity index (χ3v) is 5.58. The molecule has 1 saturated heterocycles. The second-order valence-electron chi connectivity index (χ2n) is 7.02. The molecule has 7 heteroatoms. The Hall–Kier alpha value is -0.690. The van der Waals surface area contributed by atoms with Crippen LogP contribution in [0.5, 0.6) is 0 Å². The van der Waals surface area contributed by atoms with Gasteiger partial charge in [0.1, 0.15) is 0 Å². The topological polar surface area (TPSA) is 64.0 Å². The van der Waals surface area contributed by atoms with E-state index >= 15 is 0 Å². The van der Waals surface area contributed by atoms with E-state index in [2.05, 4.69) is 9.80 Å². The minimum absolute atomic E-state index is 0. The number of piperazine rings is 1. The first-order valence-corrected chi connectivity index (χ1v) is 9.01. The lowest BCUT2D eigenvalue weighted by Crippen LogP contribution is -2.53. The first-order chi connectivity index (χ1) is 11.6. The molecule has 2 fully saturated rings. The van der Waals surface area contributed by atoms with Crippen LogP contribution in [0.15, 0.2) is 30.3 Å². The average Bonchev–Trinajstić information content (AvgIpc) is 2.56. The van der Waals surface area contributed by atoms with Gasteiger partial charge in [-0.1, -0.05) is 36.8 Å². The predicted molar refractivity (Wildman–Crippen MR) is 107 cm³/mol. The number of hydrogen-bond donors (Lipinski definition) is 2. The minimum Gasteiger partial charge on any atom is -0.395 e. The van der Waals surface area contributed by atoms with Gasteiger partial charge in [-0.25, -0.2) is 0 Å². The van der Waals surface area contributed by atoms with Gasteiger partial charge in [0.05, 0.1) is 13.2 Å². The van der Waals surface area contributed by atoms with Crippen molar-refractivity contribution in [2.24, 2.45) is 5.92 Å². The smallest absolute Gasteiger partial charge is 0.183 e. The fraction of sp³-hybridized carbons (Fsp3) is 0.632. The summed E-state index contributed by atoms with van der Waals surface area (Å²) in [4.78, 5) is 17.4. The molecule has 1 aliphatic carbocycles. The molecular weight excluding hydrogens is 375 g/mol. The lowest BCUT2D eigenvalue weighted by Gasteiger charge is -2.42. The van der Waals surface area contributed by atoms with Crippen LogP contribution in [0, 0.1) is 5.92 Å². The molecule has 2 aliphatic rings. The molecule has 0 amide bonds. The molecule has 0 bridgehead atoms. The molecule has 1 aliphatic heterocycles. The third kappa shape index (κ3) is 4.97. The predicted octanol–water partition coefficient (Wildman–Crippen LogP) is 1.70. The lowest BCUT2D eigenvalue weighted by molar-refractivity contribution is -0.151. The van der Waals surface area contributed by atoms with Gasteiger partial charge >= 0.3 is 0 Å². The van der Waals surface area contributed by atoms with Crippen LogP contribution < -0.4 is 0 Å². The highest BCUT2D eigenvalue weighted by molar-refractivity contribution is 5.90. The van der Waals surface area contributed by atoms with Crippen molar-refractivity contribution >= 4 is 30.6 Å². The summed E-state index contributed by atoms with van der Waals surface area (Å²) >= 11 is 0. The normalized spacial score (nSPS) is 21.0. The van der Waals surface area contributed by atoms with Crippen LogP contribution in [0.25, 0.3) is 0 Å². The molecule has 0 radical (unpaired) electrons. The van der Waals surface area contributed by atoms with Crippen molar-refractivity contribution in [2.75, 3.05) is 45.9 Å². The van der Waals surface area contributed by atoms with Gasteiger partial charge in [0.25, 0.3) is 0 Å². The number of ketones is 1. The van der Waals surface area contributed by atoms with Crippen LogP contribution in [-0.2, 0) is 10.4 Å². The Morgan fingerprint density at radius 1 is 1.04 bits per heavy atom. The van der Waals surface area contributed by atoms with Crippen molar-refractivity contribution in [3.05, 3.63) is 35.9 Å². The van der Waals surface area contributed by atoms with Crippen molar-refractivity contribution in [1.82, 2.24) is 9.80 Å². The van der Waals surface area contributed by atoms with E-state index < -0.39 is 5.60 Å². The lowest BCUT2D eigenvalue weighted by atomic mass is 9.67. The Balaban J connectivity index is 0.00000169. The first kappa shape index (κ1) is 23.3. The van der Waals surface area contributed by atoms with Crippen LogP contribution >= 0.6 is 24.8 Å². The van der Waals surface area contributed by atoms with Gasteiger partial charge in [-0.15, -0.1) is 24.8 Å². The SMILES string of the molecule is Cl.Cl.O=C(CN1CCN(CCO)CC1)C(O)(c1ccccc1)C1CCC1. The molecule has 1 aromatic rings. The van der Waals surface area contributed by atoms with Crippen molar-refractivity contribution in [3.63, 3.8) is 0 Å². The number of hydrogen-bond acceptors (Lipinski definition) is 5. The van der Waals surface area contributed by atoms with Crippen molar-refractivity contribution < 1.29 is 15.0 Å². The van der Waals surface area contributed by atoms with Crippen LogP contribution in [0.4, 0.5) is 0 Å². The number of halogens is 2. The maximum absolute atomic E-state index is 13.0. The zero-order chi connectivity index (χ0) is 17.0. The van der Waals surface area contributed by atoms with Gasteiger partial charge in [0, 0.05) is 32.7 Å². The van der Waals surface area contributed by atoms with E-state index in [-0.39, 0.29) is 43.1 Å². The molecule has 1 unspecified atom stereocenters. The van der Waals surface area contributed by atoms with E-state index in [1.807, 2.05) is 30.3 Å². The summed E-state index contributed by atoms with van der Waals surface area (Å²) in [5, 5.41) is 20.3. The maximum atomic E-state index is 13.0. The second kappa shape index (κ2) is 10.6. The van der Waals surface area contributed by atoms with Gasteiger partial charge < -0.3 is 10.2 Å². The van der Waals surface area contributed by atoms with Gasteiger partial charge in [-0.3, -0.25) is 14.6 Å². The van der Waals surface area contributed by atoms with Gasteiger partial charge in [0.2, 0.25) is 0 Å². The number of Topliss-reactive ketones (excluding diaryl/α,β-unsaturated/α-hetero) is 1. The highest BCUT2D eigenvalue weighted by atomic mass is 35.5. The Bertz CT molecular complexity index is 549. The minimum atomic E-state index is -1.35. The summed E-state index contributed by atoms with van der Waals surface area (Å²) in [5.41, 5.74) is -0.611. The van der Waals surface area contributed by atoms with Crippen LogP contribution in [-0.4, -0.2) is 71.7 Å². The fourth-order valence-electron chi connectivity index (χ4n) is 3.78. The highest BCUT2D eigenvalue weighted by Gasteiger charge is 2.47. The summed E-state index contributed by atoms with van der Waals surface area (Å²) in [7, 11) is 0. The first-order valence-electron chi connectivity index (χ1n) is 9.01. The van der Waals surface area contributed by atoms with E-state index in [4.69, 9.17) is 5.11 Å². The van der Waals surface area contributed by atoms with Crippen LogP contribution in [0.3, 0.4) is 0 Å². The van der Waals surface area contributed by atoms with E-state index in [0.717, 1.165) is 51.0 Å². The third-order valence-electron chi connectivity index (χ3n) is 5.58. The second-order valence-corrected chi connectivity index (χ2v) is 7.02. The zero-order valence-electron chi connectivity index (χ0n) is 15.0. The number of carbonyl (C=O) groups is 1. The highest BCUT2D eigenvalue weighted by Crippen LogP contribution is 2.43. The van der Waals surface area contributed by atoms with Gasteiger partial charge in [0.15, 0.2) is 11.4 Å². The van der Waals surface area contributed by atoms with E-state index in [0.29, 0.717) is 13.1 Å². The molecule has 2 N–H and O–H groups in total. The number of aliphatic hydroxyl groups excluding tert-OH is 1. The van der Waals surface area contributed by atoms with E-state index in [1.54, 1.807) is 0 Å². The summed E-state index contributed by atoms with van der Waals surface area (Å²) < 4.78 is 0. The summed E-state index contributed by atoms with van der Waals surface area (Å²) in [6.07, 6.45) is 2.93. The number of benzene rings is 1. The van der Waals surface area contributed by atoms with Crippen molar-refractivity contribution in [2.45, 2.75) is 24.9 Å². The molecule has 0 aromatic heterocycles. The van der Waals surface area contributed by atoms with Crippen molar-refractivity contribution in [3.8, 4) is 0 Å². The largest absolute Gasteiger partial charge is 0.395 e. The molecular formula is C19H30Cl2N2O3. The summed E-state index contributed by atoms with van der Waals surface area (Å²) in [6.45, 7) is 4.51. The molecule has 5 nitrogen and oxygen atoms in total. The average molecular weight is 405 g/mol. The zero-order valence-corrected chi connectivity index (χ0v) is 16.7. The monoisotopic (exact) mass is 404 g/mol. The summed E-state index contributed by atoms with van der Waals surface area (Å²) in [6, 6.07) is 9.43. The van der Waals surface area contributed by atoms with E-state index in [9.17, 15) is 9.90 Å². The van der Waals surface area contributed by atoms with Crippen LogP contribution in [0.1, 0.15) is 24.8 Å². The van der Waals surface area contributed by atoms with Crippen molar-refractivity contribution in [1.29, 1.82) is 0 Å². The maximum Gasteiger partial charge on any atom is 0.183 e. The molecule has 1 saturated carbocycles. The number of rotatable bonds is 7. The molecule has 1 atom stereocenters. The Kier molecular flexibility index (Phi) is 9.51. The molecule has 0 spiro atoms. The Morgan fingerprint density at radius 3 is 2.12 bits per heavy atom. The Labute approximate surface area is 168 Å². The number of nitrogens with zero attached hydrogens (tertiary/aromatic N) is 2. The fourth-order valence-corrected chi connectivity index (χ4v) is 3.78. The quantitative estimate of drug-likeness (QED) is 0.723. The number of carbonyl (C=O) groups excluding carboxylic acids is 1. The molecule has 148 valence electrons. The standard InChI is InChI=1S/C19H28N2O3.2ClH/c22-14-13-20-9-11-21(12-10-20)15-18(23)19(24,17-7-4-8-17)16-5-2-1-3-6-16;;/h1-3,5-6,17,22,24H,4,7-15H2;2*1H. The molecule has 3 rings (SSSR count). The molecule has 1 heterocycles.